The van der Waals surface area contributed by atoms with E-state index in [2.05, 4.69) is 5.32 Å². The molecule has 1 atom stereocenters. The van der Waals surface area contributed by atoms with Gasteiger partial charge in [0.15, 0.2) is 11.5 Å². The maximum Gasteiger partial charge on any atom is 0.274 e. The third-order valence-corrected chi connectivity index (χ3v) is 5.66. The van der Waals surface area contributed by atoms with Crippen LogP contribution in [-0.2, 0) is 4.79 Å². The minimum atomic E-state index is -0.414. The number of nitrogens with zero attached hydrogens (tertiary/aromatic N) is 2. The fraction of sp³-hybridized carbons (Fsp3) is 0.409. The van der Waals surface area contributed by atoms with Crippen molar-refractivity contribution in [2.45, 2.75) is 32.2 Å². The molecule has 1 N–H and O–H groups in total. The number of benzene rings is 2. The molecular weight excluding hydrogens is 386 g/mol. The predicted molar refractivity (Wildman–Crippen MR) is 112 cm³/mol. The van der Waals surface area contributed by atoms with E-state index < -0.39 is 4.92 Å². The van der Waals surface area contributed by atoms with E-state index in [1.807, 2.05) is 23.1 Å². The smallest absolute Gasteiger partial charge is 0.274 e. The van der Waals surface area contributed by atoms with E-state index in [1.54, 1.807) is 19.1 Å². The summed E-state index contributed by atoms with van der Waals surface area (Å²) in [5.74, 6) is 1.44. The van der Waals surface area contributed by atoms with E-state index in [0.717, 1.165) is 36.3 Å². The molecule has 0 aromatic heterocycles. The molecule has 2 heterocycles. The number of hydrogen-bond acceptors (Lipinski definition) is 6. The van der Waals surface area contributed by atoms with Crippen LogP contribution in [0, 0.1) is 17.0 Å². The largest absolute Gasteiger partial charge is 0.490 e. The number of nitro benzene ring substituents is 1. The zero-order valence-corrected chi connectivity index (χ0v) is 16.9. The van der Waals surface area contributed by atoms with Gasteiger partial charge >= 0.3 is 0 Å². The third-order valence-electron chi connectivity index (χ3n) is 5.66. The predicted octanol–water partition coefficient (Wildman–Crippen LogP) is 3.84. The van der Waals surface area contributed by atoms with Crippen LogP contribution in [0.5, 0.6) is 11.5 Å². The number of anilines is 1. The van der Waals surface area contributed by atoms with E-state index in [9.17, 15) is 14.9 Å². The molecule has 1 saturated heterocycles. The van der Waals surface area contributed by atoms with Crippen molar-refractivity contribution < 1.29 is 19.2 Å². The first-order valence-electron chi connectivity index (χ1n) is 10.2. The number of ether oxygens (including phenoxy) is 2. The van der Waals surface area contributed by atoms with Crippen LogP contribution in [0.1, 0.15) is 36.4 Å². The van der Waals surface area contributed by atoms with Gasteiger partial charge in [-0.1, -0.05) is 12.1 Å². The lowest BCUT2D eigenvalue weighted by Crippen LogP contribution is -2.35. The summed E-state index contributed by atoms with van der Waals surface area (Å²) in [6.07, 6.45) is 2.67. The van der Waals surface area contributed by atoms with Crippen molar-refractivity contribution in [1.82, 2.24) is 4.90 Å². The lowest BCUT2D eigenvalue weighted by Gasteiger charge is -2.26. The zero-order chi connectivity index (χ0) is 21.1. The summed E-state index contributed by atoms with van der Waals surface area (Å²) >= 11 is 0. The molecular formula is C22H25N3O5. The molecule has 4 rings (SSSR count). The van der Waals surface area contributed by atoms with Crippen molar-refractivity contribution in [1.29, 1.82) is 0 Å². The molecule has 0 spiro atoms. The fourth-order valence-corrected chi connectivity index (χ4v) is 4.08. The Balaban J connectivity index is 1.46. The molecule has 2 aliphatic heterocycles. The fourth-order valence-electron chi connectivity index (χ4n) is 4.08. The quantitative estimate of drug-likeness (QED) is 0.593. The maximum absolute atomic E-state index is 12.9. The van der Waals surface area contributed by atoms with Crippen molar-refractivity contribution in [2.24, 2.45) is 0 Å². The monoisotopic (exact) mass is 411 g/mol. The third kappa shape index (κ3) is 4.03. The van der Waals surface area contributed by atoms with Crippen LogP contribution in [0.25, 0.3) is 0 Å². The summed E-state index contributed by atoms with van der Waals surface area (Å²) < 4.78 is 11.5. The second kappa shape index (κ2) is 8.61. The van der Waals surface area contributed by atoms with Gasteiger partial charge in [-0.25, -0.2) is 0 Å². The summed E-state index contributed by atoms with van der Waals surface area (Å²) in [4.78, 5) is 25.5. The highest BCUT2D eigenvalue weighted by molar-refractivity contribution is 5.82. The van der Waals surface area contributed by atoms with Crippen LogP contribution < -0.4 is 14.8 Å². The average molecular weight is 411 g/mol. The highest BCUT2D eigenvalue weighted by Gasteiger charge is 2.30. The van der Waals surface area contributed by atoms with Crippen LogP contribution >= 0.6 is 0 Å². The van der Waals surface area contributed by atoms with E-state index in [1.165, 1.54) is 6.07 Å². The van der Waals surface area contributed by atoms with Crippen molar-refractivity contribution >= 4 is 17.3 Å². The van der Waals surface area contributed by atoms with Crippen molar-refractivity contribution in [3.8, 4) is 11.5 Å². The molecule has 8 nitrogen and oxygen atoms in total. The summed E-state index contributed by atoms with van der Waals surface area (Å²) in [6, 6.07) is 10.7. The molecule has 2 aliphatic rings. The number of fused-ring (bicyclic) bond motifs is 1. The molecule has 1 unspecified atom stereocenters. The van der Waals surface area contributed by atoms with Crippen LogP contribution in [-0.4, -0.2) is 42.0 Å². The molecule has 0 bridgehead atoms. The number of carbonyl (C=O) groups excluding carboxylic acids is 1. The van der Waals surface area contributed by atoms with Gasteiger partial charge in [-0.2, -0.15) is 0 Å². The van der Waals surface area contributed by atoms with Crippen molar-refractivity contribution in [2.75, 3.05) is 31.6 Å². The zero-order valence-electron chi connectivity index (χ0n) is 16.9. The molecule has 30 heavy (non-hydrogen) atoms. The van der Waals surface area contributed by atoms with Gasteiger partial charge in [0.25, 0.3) is 5.69 Å². The molecule has 1 amide bonds. The molecule has 2 aromatic carbocycles. The van der Waals surface area contributed by atoms with Gasteiger partial charge in [0.1, 0.15) is 0 Å². The maximum atomic E-state index is 12.9. The van der Waals surface area contributed by atoms with Crippen LogP contribution in [0.15, 0.2) is 36.4 Å². The van der Waals surface area contributed by atoms with Gasteiger partial charge < -0.3 is 19.7 Å². The van der Waals surface area contributed by atoms with E-state index in [0.29, 0.717) is 31.0 Å². The van der Waals surface area contributed by atoms with Crippen molar-refractivity contribution in [3.63, 3.8) is 0 Å². The number of hydrogen-bond donors (Lipinski definition) is 1. The van der Waals surface area contributed by atoms with Crippen molar-refractivity contribution in [3.05, 3.63) is 57.6 Å². The standard InChI is InChI=1S/C22H25N3O5/c1-15-17(5-2-6-18(15)25(27)28)23-14-22(26)24-10-3-7-19(24)16-8-9-20-21(13-16)30-12-4-11-29-20/h2,5-6,8-9,13,19,23H,3-4,7,10-12,14H2,1H3. The number of carbonyl (C=O) groups is 1. The molecule has 0 saturated carbocycles. The lowest BCUT2D eigenvalue weighted by molar-refractivity contribution is -0.385. The van der Waals surface area contributed by atoms with Gasteiger partial charge in [0, 0.05) is 30.3 Å². The second-order valence-corrected chi connectivity index (χ2v) is 7.56. The van der Waals surface area contributed by atoms with Gasteiger partial charge in [-0.15, -0.1) is 0 Å². The van der Waals surface area contributed by atoms with Gasteiger partial charge in [-0.3, -0.25) is 14.9 Å². The molecule has 0 radical (unpaired) electrons. The van der Waals surface area contributed by atoms with Crippen LogP contribution in [0.4, 0.5) is 11.4 Å². The molecule has 1 fully saturated rings. The Bertz CT molecular complexity index is 962. The summed E-state index contributed by atoms with van der Waals surface area (Å²) in [5, 5.41) is 14.2. The summed E-state index contributed by atoms with van der Waals surface area (Å²) in [6.45, 7) is 3.72. The van der Waals surface area contributed by atoms with Crippen LogP contribution in [0.3, 0.4) is 0 Å². The first-order valence-corrected chi connectivity index (χ1v) is 10.2. The molecule has 158 valence electrons. The van der Waals surface area contributed by atoms with Gasteiger partial charge in [0.05, 0.1) is 30.7 Å². The SMILES string of the molecule is Cc1c(NCC(=O)N2CCCC2c2ccc3c(c2)OCCCO3)cccc1[N+](=O)[O-]. The Kier molecular flexibility index (Phi) is 5.74. The lowest BCUT2D eigenvalue weighted by atomic mass is 10.0. The number of nitro groups is 1. The highest BCUT2D eigenvalue weighted by Crippen LogP contribution is 2.38. The first kappa shape index (κ1) is 20.0. The van der Waals surface area contributed by atoms with E-state index >= 15 is 0 Å². The average Bonchev–Trinajstić information content (AvgIpc) is 3.11. The topological polar surface area (TPSA) is 93.9 Å². The Morgan fingerprint density at radius 1 is 1.20 bits per heavy atom. The molecule has 2 aromatic rings. The number of nitrogens with one attached hydrogen (secondary N) is 1. The molecule has 0 aliphatic carbocycles. The number of rotatable bonds is 5. The normalized spacial score (nSPS) is 18.0. The minimum Gasteiger partial charge on any atom is -0.490 e. The van der Waals surface area contributed by atoms with Gasteiger partial charge in [-0.05, 0) is 43.5 Å². The molecule has 8 heteroatoms. The highest BCUT2D eigenvalue weighted by atomic mass is 16.6. The second-order valence-electron chi connectivity index (χ2n) is 7.56. The Labute approximate surface area is 174 Å². The Morgan fingerprint density at radius 3 is 2.80 bits per heavy atom. The Morgan fingerprint density at radius 2 is 2.00 bits per heavy atom. The number of likely N-dealkylation sites (tertiary alicyclic amines) is 1. The summed E-state index contributed by atoms with van der Waals surface area (Å²) in [5.41, 5.74) is 2.20. The summed E-state index contributed by atoms with van der Waals surface area (Å²) in [7, 11) is 0. The van der Waals surface area contributed by atoms with E-state index in [-0.39, 0.29) is 24.2 Å². The van der Waals surface area contributed by atoms with Crippen LogP contribution in [0.2, 0.25) is 0 Å². The van der Waals surface area contributed by atoms with E-state index in [4.69, 9.17) is 9.47 Å². The minimum absolute atomic E-state index is 0.0114. The Hall–Kier alpha value is -3.29. The van der Waals surface area contributed by atoms with Gasteiger partial charge in [0.2, 0.25) is 5.91 Å². The first-order chi connectivity index (χ1) is 14.5. The number of amides is 1.